The molecule has 0 saturated heterocycles. The molecule has 2 aromatic rings. The van der Waals surface area contributed by atoms with Gasteiger partial charge in [-0.2, -0.15) is 0 Å². The van der Waals surface area contributed by atoms with E-state index in [-0.39, 0.29) is 11.2 Å². The fourth-order valence-corrected chi connectivity index (χ4v) is 1.89. The van der Waals surface area contributed by atoms with Gasteiger partial charge in [0.15, 0.2) is 0 Å². The summed E-state index contributed by atoms with van der Waals surface area (Å²) in [5.74, 6) is -0.0205. The average molecular weight is 222 g/mol. The van der Waals surface area contributed by atoms with Gasteiger partial charge in [0.25, 0.3) is 0 Å². The van der Waals surface area contributed by atoms with E-state index >= 15 is 0 Å². The Morgan fingerprint density at radius 1 is 1.13 bits per heavy atom. The van der Waals surface area contributed by atoms with Crippen molar-refractivity contribution in [3.8, 4) is 5.75 Å². The second-order valence-electron chi connectivity index (χ2n) is 3.25. The van der Waals surface area contributed by atoms with E-state index in [1.165, 1.54) is 12.1 Å². The minimum Gasteiger partial charge on any atom is -0.508 e. The van der Waals surface area contributed by atoms with Crippen LogP contribution in [0.2, 0.25) is 5.02 Å². The number of rotatable bonds is 1. The van der Waals surface area contributed by atoms with Crippen LogP contribution in [-0.2, 0) is 0 Å². The average Bonchev–Trinajstić information content (AvgIpc) is 2.16. The Balaban J connectivity index is 2.88. The second-order valence-corrected chi connectivity index (χ2v) is 3.65. The highest BCUT2D eigenvalue weighted by molar-refractivity contribution is 6.63. The maximum atomic E-state index is 9.39. The van der Waals surface area contributed by atoms with Crippen LogP contribution in [0, 0.1) is 0 Å². The fourth-order valence-electron chi connectivity index (χ4n) is 1.60. The monoisotopic (exact) mass is 222 g/mol. The van der Waals surface area contributed by atoms with Gasteiger partial charge in [0.1, 0.15) is 5.75 Å². The molecule has 5 heteroatoms. The van der Waals surface area contributed by atoms with Crippen LogP contribution in [0.25, 0.3) is 10.8 Å². The van der Waals surface area contributed by atoms with E-state index in [2.05, 4.69) is 0 Å². The summed E-state index contributed by atoms with van der Waals surface area (Å²) >= 11 is 5.95. The predicted molar refractivity (Wildman–Crippen MR) is 60.4 cm³/mol. The fraction of sp³-hybridized carbons (Fsp3) is 0. The van der Waals surface area contributed by atoms with E-state index in [0.717, 1.165) is 0 Å². The zero-order chi connectivity index (χ0) is 11.0. The van der Waals surface area contributed by atoms with Crippen molar-refractivity contribution in [3.05, 3.63) is 35.4 Å². The first kappa shape index (κ1) is 10.3. The molecule has 0 radical (unpaired) electrons. The quantitative estimate of drug-likeness (QED) is 0.628. The summed E-state index contributed by atoms with van der Waals surface area (Å²) in [5, 5.41) is 29.3. The lowest BCUT2D eigenvalue weighted by atomic mass is 9.77. The van der Waals surface area contributed by atoms with E-state index in [4.69, 9.17) is 21.6 Å². The smallest absolute Gasteiger partial charge is 0.489 e. The van der Waals surface area contributed by atoms with Crippen LogP contribution in [0.3, 0.4) is 0 Å². The highest BCUT2D eigenvalue weighted by Crippen LogP contribution is 2.24. The Hall–Kier alpha value is -1.23. The molecule has 0 unspecified atom stereocenters. The van der Waals surface area contributed by atoms with Crippen LogP contribution in [0.1, 0.15) is 0 Å². The van der Waals surface area contributed by atoms with Crippen molar-refractivity contribution in [1.29, 1.82) is 0 Å². The molecule has 0 aliphatic heterocycles. The highest BCUT2D eigenvalue weighted by atomic mass is 35.5. The standard InChI is InChI=1S/C10H8BClO3/c12-9-3-1-2-6-4-7(13)5-8(10(6)9)11(14)15/h1-5,13-15H. The van der Waals surface area contributed by atoms with Gasteiger partial charge in [-0.05, 0) is 29.0 Å². The molecule has 0 aromatic heterocycles. The molecule has 2 rings (SSSR count). The minimum absolute atomic E-state index is 0.0205. The van der Waals surface area contributed by atoms with Crippen molar-refractivity contribution in [2.45, 2.75) is 0 Å². The number of halogens is 1. The zero-order valence-electron chi connectivity index (χ0n) is 7.68. The lowest BCUT2D eigenvalue weighted by Gasteiger charge is -2.08. The summed E-state index contributed by atoms with van der Waals surface area (Å²) in [5.41, 5.74) is 0.204. The SMILES string of the molecule is OB(O)c1cc(O)cc2cccc(Cl)c12. The van der Waals surface area contributed by atoms with Crippen LogP contribution in [0.15, 0.2) is 30.3 Å². The van der Waals surface area contributed by atoms with Crippen molar-refractivity contribution in [1.82, 2.24) is 0 Å². The molecule has 0 spiro atoms. The van der Waals surface area contributed by atoms with E-state index in [1.54, 1.807) is 18.2 Å². The second kappa shape index (κ2) is 3.74. The molecule has 0 bridgehead atoms. The molecule has 0 atom stereocenters. The van der Waals surface area contributed by atoms with Gasteiger partial charge in [-0.3, -0.25) is 0 Å². The maximum absolute atomic E-state index is 9.39. The van der Waals surface area contributed by atoms with Crippen molar-refractivity contribution in [2.75, 3.05) is 0 Å². The van der Waals surface area contributed by atoms with Crippen molar-refractivity contribution >= 4 is 35.0 Å². The van der Waals surface area contributed by atoms with Gasteiger partial charge in [0, 0.05) is 10.4 Å². The van der Waals surface area contributed by atoms with Gasteiger partial charge >= 0.3 is 7.12 Å². The zero-order valence-corrected chi connectivity index (χ0v) is 8.44. The van der Waals surface area contributed by atoms with Crippen LogP contribution >= 0.6 is 11.6 Å². The highest BCUT2D eigenvalue weighted by Gasteiger charge is 2.17. The van der Waals surface area contributed by atoms with Gasteiger partial charge in [-0.1, -0.05) is 23.7 Å². The third kappa shape index (κ3) is 1.79. The van der Waals surface area contributed by atoms with Gasteiger partial charge in [0.2, 0.25) is 0 Å². The number of hydrogen-bond acceptors (Lipinski definition) is 3. The van der Waals surface area contributed by atoms with Crippen molar-refractivity contribution in [3.63, 3.8) is 0 Å². The summed E-state index contributed by atoms with van der Waals surface area (Å²) in [6.45, 7) is 0. The van der Waals surface area contributed by atoms with E-state index in [1.807, 2.05) is 0 Å². The van der Waals surface area contributed by atoms with E-state index in [9.17, 15) is 5.11 Å². The van der Waals surface area contributed by atoms with E-state index < -0.39 is 7.12 Å². The summed E-state index contributed by atoms with van der Waals surface area (Å²) in [6.07, 6.45) is 0. The first-order valence-corrected chi connectivity index (χ1v) is 4.74. The predicted octanol–water partition coefficient (Wildman–Crippen LogP) is 0.879. The third-order valence-electron chi connectivity index (χ3n) is 2.22. The molecule has 0 amide bonds. The lowest BCUT2D eigenvalue weighted by molar-refractivity contribution is 0.425. The number of fused-ring (bicyclic) bond motifs is 1. The molecule has 0 saturated carbocycles. The number of hydrogen-bond donors (Lipinski definition) is 3. The lowest BCUT2D eigenvalue weighted by Crippen LogP contribution is -2.30. The Labute approximate surface area is 91.7 Å². The summed E-state index contributed by atoms with van der Waals surface area (Å²) in [4.78, 5) is 0. The summed E-state index contributed by atoms with van der Waals surface area (Å²) in [6, 6.07) is 7.95. The molecular weight excluding hydrogens is 214 g/mol. The van der Waals surface area contributed by atoms with Crippen LogP contribution in [0.5, 0.6) is 5.75 Å². The molecular formula is C10H8BClO3. The topological polar surface area (TPSA) is 60.7 Å². The van der Waals surface area contributed by atoms with Crippen molar-refractivity contribution < 1.29 is 15.2 Å². The minimum atomic E-state index is -1.65. The molecule has 15 heavy (non-hydrogen) atoms. The Kier molecular flexibility index (Phi) is 2.56. The third-order valence-corrected chi connectivity index (χ3v) is 2.53. The summed E-state index contributed by atoms with van der Waals surface area (Å²) < 4.78 is 0. The largest absolute Gasteiger partial charge is 0.508 e. The maximum Gasteiger partial charge on any atom is 0.489 e. The number of aromatic hydroxyl groups is 1. The Morgan fingerprint density at radius 3 is 2.53 bits per heavy atom. The normalized spacial score (nSPS) is 10.6. The summed E-state index contributed by atoms with van der Waals surface area (Å²) in [7, 11) is -1.65. The van der Waals surface area contributed by atoms with Gasteiger partial charge in [-0.25, -0.2) is 0 Å². The molecule has 0 fully saturated rings. The number of phenols is 1. The molecule has 0 heterocycles. The molecule has 3 nitrogen and oxygen atoms in total. The Morgan fingerprint density at radius 2 is 1.87 bits per heavy atom. The van der Waals surface area contributed by atoms with Crippen LogP contribution < -0.4 is 5.46 Å². The molecule has 3 N–H and O–H groups in total. The number of benzene rings is 2. The molecule has 0 aliphatic rings. The molecule has 0 aliphatic carbocycles. The van der Waals surface area contributed by atoms with Gasteiger partial charge in [0.05, 0.1) is 0 Å². The van der Waals surface area contributed by atoms with E-state index in [0.29, 0.717) is 15.8 Å². The number of phenolic OH excluding ortho intramolecular Hbond substituents is 1. The first-order valence-electron chi connectivity index (χ1n) is 4.37. The Bertz CT molecular complexity index is 513. The van der Waals surface area contributed by atoms with Gasteiger partial charge in [-0.15, -0.1) is 0 Å². The molecule has 2 aromatic carbocycles. The van der Waals surface area contributed by atoms with Crippen LogP contribution in [-0.4, -0.2) is 22.3 Å². The van der Waals surface area contributed by atoms with Crippen LogP contribution in [0.4, 0.5) is 0 Å². The van der Waals surface area contributed by atoms with Crippen molar-refractivity contribution in [2.24, 2.45) is 0 Å². The molecule has 76 valence electrons. The van der Waals surface area contributed by atoms with Gasteiger partial charge < -0.3 is 15.2 Å². The first-order chi connectivity index (χ1) is 7.09.